The number of hydrogen-bond donors (Lipinski definition) is 2. The molecule has 1 unspecified atom stereocenters. The number of benzene rings is 2. The number of aliphatic hydroxyl groups is 1. The molecule has 158 valence electrons. The van der Waals surface area contributed by atoms with Crippen LogP contribution in [0.2, 0.25) is 0 Å². The molecule has 4 rings (SSSR count). The van der Waals surface area contributed by atoms with Crippen LogP contribution in [0.3, 0.4) is 0 Å². The van der Waals surface area contributed by atoms with Crippen molar-refractivity contribution in [2.45, 2.75) is 25.6 Å². The van der Waals surface area contributed by atoms with Gasteiger partial charge in [0.15, 0.2) is 0 Å². The molecule has 1 aliphatic rings. The van der Waals surface area contributed by atoms with Gasteiger partial charge in [-0.1, -0.05) is 18.2 Å². The number of nitrogens with zero attached hydrogens (tertiary/aromatic N) is 3. The van der Waals surface area contributed by atoms with Gasteiger partial charge in [-0.15, -0.1) is 0 Å². The van der Waals surface area contributed by atoms with E-state index in [9.17, 15) is 13.9 Å². The molecule has 1 fully saturated rings. The van der Waals surface area contributed by atoms with Crippen molar-refractivity contribution < 1.29 is 13.9 Å². The molecular formula is C23H26F2N4O. The van der Waals surface area contributed by atoms with Crippen molar-refractivity contribution in [2.24, 2.45) is 0 Å². The Hall–Kier alpha value is -2.61. The van der Waals surface area contributed by atoms with E-state index in [0.717, 1.165) is 36.5 Å². The van der Waals surface area contributed by atoms with Crippen molar-refractivity contribution in [1.29, 1.82) is 0 Å². The van der Waals surface area contributed by atoms with Crippen LogP contribution in [-0.2, 0) is 13.1 Å². The van der Waals surface area contributed by atoms with Gasteiger partial charge in [-0.05, 0) is 36.8 Å². The van der Waals surface area contributed by atoms with Crippen molar-refractivity contribution in [1.82, 2.24) is 20.0 Å². The summed E-state index contributed by atoms with van der Waals surface area (Å²) < 4.78 is 27.3. The predicted molar refractivity (Wildman–Crippen MR) is 112 cm³/mol. The summed E-state index contributed by atoms with van der Waals surface area (Å²) in [5.74, 6) is -0.456. The molecule has 0 bridgehead atoms. The highest BCUT2D eigenvalue weighted by molar-refractivity contribution is 5.62. The van der Waals surface area contributed by atoms with Gasteiger partial charge in [0, 0.05) is 62.1 Å². The molecule has 5 nitrogen and oxygen atoms in total. The molecule has 1 aliphatic heterocycles. The lowest BCUT2D eigenvalue weighted by molar-refractivity contribution is 0.0494. The average Bonchev–Trinajstić information content (AvgIpc) is 3.20. The van der Waals surface area contributed by atoms with Crippen LogP contribution in [0.4, 0.5) is 8.78 Å². The first-order valence-electron chi connectivity index (χ1n) is 10.2. The minimum atomic E-state index is -0.266. The lowest BCUT2D eigenvalue weighted by Crippen LogP contribution is -2.52. The highest BCUT2D eigenvalue weighted by atomic mass is 19.1. The Bertz CT molecular complexity index is 960. The molecule has 1 saturated heterocycles. The van der Waals surface area contributed by atoms with E-state index in [2.05, 4.69) is 20.0 Å². The second kappa shape index (κ2) is 9.47. The van der Waals surface area contributed by atoms with E-state index < -0.39 is 0 Å². The summed E-state index contributed by atoms with van der Waals surface area (Å²) in [6, 6.07) is 13.4. The van der Waals surface area contributed by atoms with Crippen molar-refractivity contribution in [3.63, 3.8) is 0 Å². The van der Waals surface area contributed by atoms with Crippen LogP contribution in [-0.4, -0.2) is 57.4 Å². The summed E-state index contributed by atoms with van der Waals surface area (Å²) in [5.41, 5.74) is 3.52. The predicted octanol–water partition coefficient (Wildman–Crippen LogP) is 3.42. The van der Waals surface area contributed by atoms with Crippen LogP contribution in [0.5, 0.6) is 0 Å². The number of halogens is 2. The first kappa shape index (κ1) is 20.7. The highest BCUT2D eigenvalue weighted by Crippen LogP contribution is 2.25. The third-order valence-electron chi connectivity index (χ3n) is 5.73. The topological polar surface area (TPSA) is 55.4 Å². The van der Waals surface area contributed by atoms with Gasteiger partial charge in [0.25, 0.3) is 0 Å². The van der Waals surface area contributed by atoms with Crippen molar-refractivity contribution in [2.75, 3.05) is 26.2 Å². The van der Waals surface area contributed by atoms with Crippen LogP contribution < -0.4 is 0 Å². The third kappa shape index (κ3) is 4.75. The maximum atomic E-state index is 14.1. The monoisotopic (exact) mass is 412 g/mol. The van der Waals surface area contributed by atoms with Gasteiger partial charge in [0.2, 0.25) is 0 Å². The van der Waals surface area contributed by atoms with Crippen LogP contribution in [0.15, 0.2) is 54.7 Å². The smallest absolute Gasteiger partial charge is 0.127 e. The van der Waals surface area contributed by atoms with E-state index in [1.165, 1.54) is 18.2 Å². The molecular weight excluding hydrogens is 386 g/mol. The average molecular weight is 412 g/mol. The molecule has 30 heavy (non-hydrogen) atoms. The zero-order chi connectivity index (χ0) is 20.9. The Morgan fingerprint density at radius 1 is 1.00 bits per heavy atom. The molecule has 2 N–H and O–H groups in total. The van der Waals surface area contributed by atoms with E-state index in [4.69, 9.17) is 0 Å². The van der Waals surface area contributed by atoms with Crippen LogP contribution >= 0.6 is 0 Å². The van der Waals surface area contributed by atoms with Gasteiger partial charge in [-0.2, -0.15) is 5.10 Å². The summed E-state index contributed by atoms with van der Waals surface area (Å²) in [7, 11) is 0. The normalized spacial score (nSPS) is 18.0. The van der Waals surface area contributed by atoms with Gasteiger partial charge < -0.3 is 5.11 Å². The molecule has 0 spiro atoms. The Morgan fingerprint density at radius 2 is 1.80 bits per heavy atom. The zero-order valence-electron chi connectivity index (χ0n) is 16.8. The van der Waals surface area contributed by atoms with E-state index >= 15 is 0 Å². The quantitative estimate of drug-likeness (QED) is 0.624. The van der Waals surface area contributed by atoms with Gasteiger partial charge >= 0.3 is 0 Å². The third-order valence-corrected chi connectivity index (χ3v) is 5.73. The second-order valence-corrected chi connectivity index (χ2v) is 7.74. The highest BCUT2D eigenvalue weighted by Gasteiger charge is 2.28. The van der Waals surface area contributed by atoms with Crippen LogP contribution in [0.25, 0.3) is 11.3 Å². The standard InChI is InChI=1S/C23H26F2N4O/c24-20-7-5-17(6-8-20)23-19(13-26-27-23)14-28-10-11-29(21(16-28)9-12-30)15-18-3-1-2-4-22(18)25/h1-8,13,21,30H,9-12,14-16H2,(H,26,27). The minimum Gasteiger partial charge on any atom is -0.396 e. The number of nitrogens with one attached hydrogen (secondary N) is 1. The fourth-order valence-corrected chi connectivity index (χ4v) is 4.12. The number of aliphatic hydroxyl groups excluding tert-OH is 1. The Morgan fingerprint density at radius 3 is 2.57 bits per heavy atom. The summed E-state index contributed by atoms with van der Waals surface area (Å²) >= 11 is 0. The summed E-state index contributed by atoms with van der Waals surface area (Å²) in [5, 5.41) is 16.8. The number of H-pyrrole nitrogens is 1. The van der Waals surface area contributed by atoms with Gasteiger partial charge in [0.05, 0.1) is 11.9 Å². The molecule has 3 aromatic rings. The summed E-state index contributed by atoms with van der Waals surface area (Å²) in [4.78, 5) is 4.58. The first-order chi connectivity index (χ1) is 14.6. The molecule has 1 aromatic heterocycles. The second-order valence-electron chi connectivity index (χ2n) is 7.74. The molecule has 0 amide bonds. The lowest BCUT2D eigenvalue weighted by atomic mass is 10.0. The van der Waals surface area contributed by atoms with E-state index in [-0.39, 0.29) is 24.3 Å². The Kier molecular flexibility index (Phi) is 6.52. The molecule has 2 aromatic carbocycles. The fourth-order valence-electron chi connectivity index (χ4n) is 4.12. The number of aromatic amines is 1. The maximum Gasteiger partial charge on any atom is 0.127 e. The summed E-state index contributed by atoms with van der Waals surface area (Å²) in [6.45, 7) is 3.76. The molecule has 1 atom stereocenters. The van der Waals surface area contributed by atoms with Crippen LogP contribution in [0, 0.1) is 11.6 Å². The fraction of sp³-hybridized carbons (Fsp3) is 0.348. The minimum absolute atomic E-state index is 0.0960. The van der Waals surface area contributed by atoms with E-state index in [1.807, 2.05) is 18.3 Å². The van der Waals surface area contributed by atoms with E-state index in [0.29, 0.717) is 25.1 Å². The van der Waals surface area contributed by atoms with Crippen LogP contribution in [0.1, 0.15) is 17.5 Å². The maximum absolute atomic E-state index is 14.1. The van der Waals surface area contributed by atoms with Crippen molar-refractivity contribution >= 4 is 0 Å². The zero-order valence-corrected chi connectivity index (χ0v) is 16.8. The van der Waals surface area contributed by atoms with Gasteiger partial charge in [-0.25, -0.2) is 8.78 Å². The molecule has 0 aliphatic carbocycles. The molecule has 0 radical (unpaired) electrons. The van der Waals surface area contributed by atoms with Gasteiger partial charge in [0.1, 0.15) is 11.6 Å². The molecule has 2 heterocycles. The van der Waals surface area contributed by atoms with Crippen molar-refractivity contribution in [3.8, 4) is 11.3 Å². The SMILES string of the molecule is OCCC1CN(Cc2cn[nH]c2-c2ccc(F)cc2)CCN1Cc1ccccc1F. The number of aromatic nitrogens is 2. The largest absolute Gasteiger partial charge is 0.396 e. The Labute approximate surface area is 175 Å². The summed E-state index contributed by atoms with van der Waals surface area (Å²) in [6.07, 6.45) is 2.45. The number of piperazine rings is 1. The van der Waals surface area contributed by atoms with E-state index in [1.54, 1.807) is 18.2 Å². The lowest BCUT2D eigenvalue weighted by Gasteiger charge is -2.41. The molecule has 7 heteroatoms. The molecule has 0 saturated carbocycles. The number of rotatable bonds is 7. The number of hydrogen-bond acceptors (Lipinski definition) is 4. The first-order valence-corrected chi connectivity index (χ1v) is 10.2. The Balaban J connectivity index is 1.44. The van der Waals surface area contributed by atoms with Crippen molar-refractivity contribution in [3.05, 3.63) is 77.5 Å². The van der Waals surface area contributed by atoms with Gasteiger partial charge in [-0.3, -0.25) is 14.9 Å².